The molecule has 0 bridgehead atoms. The molecule has 0 saturated carbocycles. The molecule has 9 heteroatoms. The molecule has 2 aromatic carbocycles. The van der Waals surface area contributed by atoms with Crippen LogP contribution in [0.3, 0.4) is 0 Å². The Labute approximate surface area is 184 Å². The second kappa shape index (κ2) is 10.3. The zero-order chi connectivity index (χ0) is 21.5. The van der Waals surface area contributed by atoms with Gasteiger partial charge in [-0.25, -0.2) is 0 Å². The molecule has 1 N–H and O–H groups in total. The minimum atomic E-state index is -0.312. The molecule has 0 aliphatic carbocycles. The van der Waals surface area contributed by atoms with Crippen molar-refractivity contribution >= 4 is 40.9 Å². The van der Waals surface area contributed by atoms with Crippen molar-refractivity contribution in [2.45, 2.75) is 11.6 Å². The predicted octanol–water partition coefficient (Wildman–Crippen LogP) is 3.25. The van der Waals surface area contributed by atoms with Gasteiger partial charge in [0.1, 0.15) is 5.82 Å². The molecule has 1 aromatic heterocycles. The van der Waals surface area contributed by atoms with Crippen molar-refractivity contribution in [1.29, 1.82) is 0 Å². The molecular weight excluding hydrogens is 422 g/mol. The summed E-state index contributed by atoms with van der Waals surface area (Å²) in [6.45, 7) is -0.0668. The summed E-state index contributed by atoms with van der Waals surface area (Å²) >= 11 is 7.33. The molecule has 0 saturated heterocycles. The number of thioether (sulfide) groups is 1. The second-order valence-electron chi connectivity index (χ2n) is 6.69. The van der Waals surface area contributed by atoms with E-state index in [1.807, 2.05) is 41.9 Å². The van der Waals surface area contributed by atoms with Gasteiger partial charge in [-0.2, -0.15) is 0 Å². The second-order valence-corrected chi connectivity index (χ2v) is 8.04. The maximum atomic E-state index is 12.4. The predicted molar refractivity (Wildman–Crippen MR) is 119 cm³/mol. The van der Waals surface area contributed by atoms with Gasteiger partial charge in [0.15, 0.2) is 5.16 Å². The van der Waals surface area contributed by atoms with Gasteiger partial charge < -0.3 is 14.8 Å². The molecule has 3 aromatic rings. The first-order valence-corrected chi connectivity index (χ1v) is 10.6. The van der Waals surface area contributed by atoms with Crippen molar-refractivity contribution in [3.63, 3.8) is 0 Å². The number of carbonyl (C=O) groups excluding carboxylic acids is 2. The highest BCUT2D eigenvalue weighted by Crippen LogP contribution is 2.20. The number of nitrogens with one attached hydrogen (secondary N) is 1. The van der Waals surface area contributed by atoms with Gasteiger partial charge in [-0.05, 0) is 17.7 Å². The summed E-state index contributed by atoms with van der Waals surface area (Å²) in [5.41, 5.74) is 1.66. The van der Waals surface area contributed by atoms with Crippen LogP contribution >= 0.6 is 23.4 Å². The van der Waals surface area contributed by atoms with Crippen molar-refractivity contribution < 1.29 is 9.59 Å². The lowest BCUT2D eigenvalue weighted by Crippen LogP contribution is -2.36. The van der Waals surface area contributed by atoms with Gasteiger partial charge in [0.2, 0.25) is 11.8 Å². The van der Waals surface area contributed by atoms with Crippen LogP contribution in [0.5, 0.6) is 0 Å². The number of aromatic nitrogens is 3. The van der Waals surface area contributed by atoms with E-state index in [1.54, 1.807) is 31.3 Å². The summed E-state index contributed by atoms with van der Waals surface area (Å²) in [5, 5.41) is 12.2. The van der Waals surface area contributed by atoms with Crippen LogP contribution < -0.4 is 5.32 Å². The van der Waals surface area contributed by atoms with E-state index in [0.29, 0.717) is 22.3 Å². The van der Waals surface area contributed by atoms with Gasteiger partial charge >= 0.3 is 0 Å². The Bertz CT molecular complexity index is 1030. The van der Waals surface area contributed by atoms with E-state index in [9.17, 15) is 9.59 Å². The van der Waals surface area contributed by atoms with E-state index >= 15 is 0 Å². The van der Waals surface area contributed by atoms with Crippen LogP contribution in [0.15, 0.2) is 59.8 Å². The Morgan fingerprint density at radius 2 is 1.80 bits per heavy atom. The minimum Gasteiger partial charge on any atom is -0.336 e. The van der Waals surface area contributed by atoms with Crippen LogP contribution in [0.2, 0.25) is 5.02 Å². The number of rotatable bonds is 8. The number of carbonyl (C=O) groups is 2. The Balaban J connectivity index is 1.50. The first-order valence-electron chi connectivity index (χ1n) is 9.27. The van der Waals surface area contributed by atoms with E-state index in [4.69, 9.17) is 11.6 Å². The number of hydrogen-bond donors (Lipinski definition) is 1. The standard InChI is InChI=1S/C21H22ClN5O2S/c1-26(13-19(28)23-17-11-7-6-10-16(17)22)20(29)14-30-21-25-24-18(27(21)2)12-15-8-4-3-5-9-15/h3-11H,12-14H2,1-2H3,(H,23,28). The lowest BCUT2D eigenvalue weighted by atomic mass is 10.1. The first-order chi connectivity index (χ1) is 14.4. The van der Waals surface area contributed by atoms with Crippen LogP contribution in [-0.4, -0.2) is 50.8 Å². The third kappa shape index (κ3) is 5.84. The topological polar surface area (TPSA) is 80.1 Å². The Kier molecular flexibility index (Phi) is 7.48. The van der Waals surface area contributed by atoms with Crippen molar-refractivity contribution in [3.8, 4) is 0 Å². The number of anilines is 1. The van der Waals surface area contributed by atoms with E-state index in [-0.39, 0.29) is 24.1 Å². The molecule has 30 heavy (non-hydrogen) atoms. The van der Waals surface area contributed by atoms with Gasteiger partial charge in [-0.3, -0.25) is 9.59 Å². The largest absolute Gasteiger partial charge is 0.336 e. The molecule has 0 radical (unpaired) electrons. The van der Waals surface area contributed by atoms with E-state index < -0.39 is 0 Å². The summed E-state index contributed by atoms with van der Waals surface area (Å²) in [4.78, 5) is 26.0. The highest BCUT2D eigenvalue weighted by atomic mass is 35.5. The number of benzene rings is 2. The Hall–Kier alpha value is -2.84. The maximum Gasteiger partial charge on any atom is 0.244 e. The molecule has 0 aliphatic rings. The van der Waals surface area contributed by atoms with E-state index in [2.05, 4.69) is 15.5 Å². The molecule has 0 fully saturated rings. The fraction of sp³-hybridized carbons (Fsp3) is 0.238. The molecule has 1 heterocycles. The van der Waals surface area contributed by atoms with Gasteiger partial charge in [0, 0.05) is 20.5 Å². The molecule has 156 valence electrons. The summed E-state index contributed by atoms with van der Waals surface area (Å²) in [7, 11) is 3.47. The molecule has 3 rings (SSSR count). The van der Waals surface area contributed by atoms with Gasteiger partial charge in [0.05, 0.1) is 23.0 Å². The molecule has 0 aliphatic heterocycles. The fourth-order valence-corrected chi connectivity index (χ4v) is 3.75. The van der Waals surface area contributed by atoms with Crippen LogP contribution in [0.1, 0.15) is 11.4 Å². The number of nitrogens with zero attached hydrogens (tertiary/aromatic N) is 4. The van der Waals surface area contributed by atoms with Crippen molar-refractivity contribution in [1.82, 2.24) is 19.7 Å². The number of hydrogen-bond acceptors (Lipinski definition) is 5. The number of halogens is 1. The zero-order valence-corrected chi connectivity index (χ0v) is 18.3. The van der Waals surface area contributed by atoms with Crippen LogP contribution in [0.4, 0.5) is 5.69 Å². The van der Waals surface area contributed by atoms with Crippen LogP contribution in [0.25, 0.3) is 0 Å². The smallest absolute Gasteiger partial charge is 0.244 e. The monoisotopic (exact) mass is 443 g/mol. The zero-order valence-electron chi connectivity index (χ0n) is 16.7. The van der Waals surface area contributed by atoms with Gasteiger partial charge in [0.25, 0.3) is 0 Å². The number of likely N-dealkylation sites (N-methyl/N-ethyl adjacent to an activating group) is 1. The van der Waals surface area contributed by atoms with E-state index in [1.165, 1.54) is 16.7 Å². The van der Waals surface area contributed by atoms with Crippen molar-refractivity contribution in [2.24, 2.45) is 7.05 Å². The molecule has 0 unspecified atom stereocenters. The molecule has 2 amide bonds. The molecule has 0 spiro atoms. The third-order valence-corrected chi connectivity index (χ3v) is 5.74. The Morgan fingerprint density at radius 3 is 2.53 bits per heavy atom. The Morgan fingerprint density at radius 1 is 1.10 bits per heavy atom. The average molecular weight is 444 g/mol. The quantitative estimate of drug-likeness (QED) is 0.540. The highest BCUT2D eigenvalue weighted by molar-refractivity contribution is 7.99. The maximum absolute atomic E-state index is 12.4. The summed E-state index contributed by atoms with van der Waals surface area (Å²) in [6.07, 6.45) is 0.668. The first kappa shape index (κ1) is 21.9. The van der Waals surface area contributed by atoms with Gasteiger partial charge in [-0.15, -0.1) is 10.2 Å². The third-order valence-electron chi connectivity index (χ3n) is 4.41. The fourth-order valence-electron chi connectivity index (χ4n) is 2.70. The van der Waals surface area contributed by atoms with Crippen molar-refractivity contribution in [2.75, 3.05) is 24.7 Å². The van der Waals surface area contributed by atoms with Crippen molar-refractivity contribution in [3.05, 3.63) is 71.0 Å². The summed E-state index contributed by atoms with van der Waals surface area (Å²) in [5.74, 6) is 0.492. The lowest BCUT2D eigenvalue weighted by molar-refractivity contribution is -0.131. The number of amides is 2. The normalized spacial score (nSPS) is 10.6. The molecule has 7 nitrogen and oxygen atoms in total. The summed E-state index contributed by atoms with van der Waals surface area (Å²) < 4.78 is 1.88. The lowest BCUT2D eigenvalue weighted by Gasteiger charge is -2.16. The van der Waals surface area contributed by atoms with E-state index in [0.717, 1.165) is 11.4 Å². The SMILES string of the molecule is CN(CC(=O)Nc1ccccc1Cl)C(=O)CSc1nnc(Cc2ccccc2)n1C. The average Bonchev–Trinajstić information content (AvgIpc) is 3.08. The highest BCUT2D eigenvalue weighted by Gasteiger charge is 2.16. The minimum absolute atomic E-state index is 0.0668. The number of para-hydroxylation sites is 1. The van der Waals surface area contributed by atoms with Crippen LogP contribution in [0, 0.1) is 0 Å². The summed E-state index contributed by atoms with van der Waals surface area (Å²) in [6, 6.07) is 17.0. The van der Waals surface area contributed by atoms with Gasteiger partial charge in [-0.1, -0.05) is 65.8 Å². The molecule has 0 atom stereocenters. The molecular formula is C21H22ClN5O2S. The van der Waals surface area contributed by atoms with Crippen LogP contribution in [-0.2, 0) is 23.1 Å².